The van der Waals surface area contributed by atoms with Gasteiger partial charge < -0.3 is 14.2 Å². The van der Waals surface area contributed by atoms with Crippen LogP contribution in [0.3, 0.4) is 0 Å². The number of allylic oxidation sites excluding steroid dienone is 1. The van der Waals surface area contributed by atoms with Crippen molar-refractivity contribution in [2.45, 2.75) is 25.8 Å². The molecule has 22 heavy (non-hydrogen) atoms. The first-order valence-corrected chi connectivity index (χ1v) is 6.62. The van der Waals surface area contributed by atoms with Crippen LogP contribution in [-0.2, 0) is 20.8 Å². The number of alkyl halides is 3. The molecule has 1 aromatic carbocycles. The molecule has 1 atom stereocenters. The molecule has 0 saturated heterocycles. The van der Waals surface area contributed by atoms with Crippen LogP contribution in [0.15, 0.2) is 42.5 Å². The van der Waals surface area contributed by atoms with E-state index in [9.17, 15) is 18.0 Å². The Bertz CT molecular complexity index is 471. The van der Waals surface area contributed by atoms with Gasteiger partial charge in [0.05, 0.1) is 19.8 Å². The van der Waals surface area contributed by atoms with E-state index in [4.69, 9.17) is 9.47 Å². The predicted molar refractivity (Wildman–Crippen MR) is 73.2 cm³/mol. The van der Waals surface area contributed by atoms with Crippen molar-refractivity contribution in [3.05, 3.63) is 48.0 Å². The van der Waals surface area contributed by atoms with Crippen LogP contribution in [0, 0.1) is 0 Å². The zero-order chi connectivity index (χ0) is 16.4. The fraction of sp³-hybridized carbons (Fsp3) is 0.400. The maximum Gasteiger partial charge on any atom is 0.508 e. The summed E-state index contributed by atoms with van der Waals surface area (Å²) in [7, 11) is 0. The van der Waals surface area contributed by atoms with Crippen molar-refractivity contribution in [1.82, 2.24) is 0 Å². The predicted octanol–water partition coefficient (Wildman–Crippen LogP) is 3.86. The number of rotatable bonds is 7. The molecule has 1 unspecified atom stereocenters. The normalized spacial score (nSPS) is 13.1. The Morgan fingerprint density at radius 1 is 1.27 bits per heavy atom. The van der Waals surface area contributed by atoms with E-state index in [1.54, 1.807) is 6.92 Å². The van der Waals surface area contributed by atoms with E-state index >= 15 is 0 Å². The van der Waals surface area contributed by atoms with Gasteiger partial charge in [-0.3, -0.25) is 0 Å². The molecule has 4 nitrogen and oxygen atoms in total. The second-order valence-corrected chi connectivity index (χ2v) is 4.24. The Morgan fingerprint density at radius 3 is 2.55 bits per heavy atom. The molecule has 0 heterocycles. The van der Waals surface area contributed by atoms with Crippen LogP contribution in [0.1, 0.15) is 12.5 Å². The summed E-state index contributed by atoms with van der Waals surface area (Å²) in [5.74, 6) is 0. The molecule has 0 aliphatic carbocycles. The summed E-state index contributed by atoms with van der Waals surface area (Å²) >= 11 is 0. The van der Waals surface area contributed by atoms with Gasteiger partial charge in [0, 0.05) is 6.08 Å². The fourth-order valence-corrected chi connectivity index (χ4v) is 1.49. The van der Waals surface area contributed by atoms with Crippen molar-refractivity contribution < 1.29 is 32.2 Å². The number of carbonyl (C=O) groups excluding carboxylic acids is 1. The highest BCUT2D eigenvalue weighted by molar-refractivity contribution is 5.60. The summed E-state index contributed by atoms with van der Waals surface area (Å²) in [5.41, 5.74) is 0.859. The van der Waals surface area contributed by atoms with E-state index in [-0.39, 0.29) is 25.9 Å². The highest BCUT2D eigenvalue weighted by atomic mass is 19.4. The molecule has 122 valence electrons. The number of carbonyl (C=O) groups is 1. The van der Waals surface area contributed by atoms with Crippen molar-refractivity contribution in [3.8, 4) is 0 Å². The molecule has 0 saturated carbocycles. The summed E-state index contributed by atoms with van der Waals surface area (Å²) < 4.78 is 51.1. The Labute approximate surface area is 126 Å². The monoisotopic (exact) mass is 318 g/mol. The molecule has 0 N–H and O–H groups in total. The van der Waals surface area contributed by atoms with E-state index in [1.807, 2.05) is 30.3 Å². The second kappa shape index (κ2) is 9.09. The highest BCUT2D eigenvalue weighted by Crippen LogP contribution is 2.17. The van der Waals surface area contributed by atoms with Crippen LogP contribution in [0.4, 0.5) is 18.0 Å². The lowest BCUT2D eigenvalue weighted by Crippen LogP contribution is -2.23. The van der Waals surface area contributed by atoms with Crippen LogP contribution in [0.5, 0.6) is 0 Å². The molecule has 1 aromatic rings. The van der Waals surface area contributed by atoms with Crippen LogP contribution in [-0.4, -0.2) is 31.6 Å². The minimum atomic E-state index is -4.49. The largest absolute Gasteiger partial charge is 0.508 e. The van der Waals surface area contributed by atoms with Crippen molar-refractivity contribution in [2.24, 2.45) is 0 Å². The molecule has 7 heteroatoms. The van der Waals surface area contributed by atoms with E-state index in [2.05, 4.69) is 4.74 Å². The average Bonchev–Trinajstić information content (AvgIpc) is 2.45. The number of hydrogen-bond acceptors (Lipinski definition) is 4. The highest BCUT2D eigenvalue weighted by Gasteiger charge is 2.24. The van der Waals surface area contributed by atoms with Crippen LogP contribution in [0.2, 0.25) is 0 Å². The Balaban J connectivity index is 2.53. The van der Waals surface area contributed by atoms with Crippen molar-refractivity contribution >= 4 is 6.16 Å². The summed E-state index contributed by atoms with van der Waals surface area (Å²) in [6.45, 7) is 1.62. The maximum atomic E-state index is 12.2. The van der Waals surface area contributed by atoms with Gasteiger partial charge in [-0.05, 0) is 18.6 Å². The van der Waals surface area contributed by atoms with Gasteiger partial charge in [0.1, 0.15) is 6.10 Å². The van der Waals surface area contributed by atoms with Gasteiger partial charge in [-0.15, -0.1) is 0 Å². The Hall–Kier alpha value is -2.02. The molecule has 0 aromatic heterocycles. The number of halogens is 3. The van der Waals surface area contributed by atoms with Crippen molar-refractivity contribution in [1.29, 1.82) is 0 Å². The third-order valence-electron chi connectivity index (χ3n) is 2.40. The van der Waals surface area contributed by atoms with Gasteiger partial charge in [0.15, 0.2) is 0 Å². The zero-order valence-corrected chi connectivity index (χ0v) is 12.0. The number of ether oxygens (including phenoxy) is 3. The van der Waals surface area contributed by atoms with E-state index in [1.165, 1.54) is 0 Å². The van der Waals surface area contributed by atoms with E-state index in [0.29, 0.717) is 0 Å². The van der Waals surface area contributed by atoms with E-state index < -0.39 is 18.4 Å². The molecule has 0 aliphatic rings. The lowest BCUT2D eigenvalue weighted by Gasteiger charge is -2.14. The first kappa shape index (κ1) is 18.0. The molecule has 0 fully saturated rings. The lowest BCUT2D eigenvalue weighted by molar-refractivity contribution is -0.0813. The molecule has 0 bridgehead atoms. The quantitative estimate of drug-likeness (QED) is 0.565. The SMILES string of the molecule is CCOC(=O)OC(/C=C/C(F)(F)F)COCc1ccccc1. The third kappa shape index (κ3) is 8.31. The minimum absolute atomic E-state index is 0.00275. The maximum absolute atomic E-state index is 12.2. The standard InChI is InChI=1S/C15H17F3O4/c1-2-21-14(19)22-13(8-9-15(16,17)18)11-20-10-12-6-4-3-5-7-12/h3-9,13H,2,10-11H2,1H3/b9-8+. The van der Waals surface area contributed by atoms with Gasteiger partial charge in [-0.1, -0.05) is 30.3 Å². The molecule has 0 radical (unpaired) electrons. The summed E-state index contributed by atoms with van der Waals surface area (Å²) in [4.78, 5) is 11.2. The van der Waals surface area contributed by atoms with E-state index in [0.717, 1.165) is 11.6 Å². The molecule has 0 amide bonds. The molecular weight excluding hydrogens is 301 g/mol. The molecule has 0 aliphatic heterocycles. The minimum Gasteiger partial charge on any atom is -0.435 e. The van der Waals surface area contributed by atoms with Crippen LogP contribution < -0.4 is 0 Å². The Morgan fingerprint density at radius 2 is 1.95 bits per heavy atom. The van der Waals surface area contributed by atoms with Gasteiger partial charge in [-0.2, -0.15) is 13.2 Å². The first-order valence-electron chi connectivity index (χ1n) is 6.62. The van der Waals surface area contributed by atoms with Crippen molar-refractivity contribution in [3.63, 3.8) is 0 Å². The van der Waals surface area contributed by atoms with Gasteiger partial charge in [0.25, 0.3) is 0 Å². The molecular formula is C15H17F3O4. The summed E-state index contributed by atoms with van der Waals surface area (Å²) in [6.07, 6.45) is -5.98. The van der Waals surface area contributed by atoms with Crippen molar-refractivity contribution in [2.75, 3.05) is 13.2 Å². The van der Waals surface area contributed by atoms with Gasteiger partial charge in [-0.25, -0.2) is 4.79 Å². The second-order valence-electron chi connectivity index (χ2n) is 4.24. The van der Waals surface area contributed by atoms with Gasteiger partial charge >= 0.3 is 12.3 Å². The molecule has 0 spiro atoms. The zero-order valence-electron chi connectivity index (χ0n) is 12.0. The smallest absolute Gasteiger partial charge is 0.435 e. The average molecular weight is 318 g/mol. The topological polar surface area (TPSA) is 44.8 Å². The molecule has 1 rings (SSSR count). The van der Waals surface area contributed by atoms with Crippen LogP contribution >= 0.6 is 0 Å². The number of hydrogen-bond donors (Lipinski definition) is 0. The lowest BCUT2D eigenvalue weighted by atomic mass is 10.2. The number of benzene rings is 1. The Kier molecular flexibility index (Phi) is 7.45. The first-order chi connectivity index (χ1) is 10.4. The summed E-state index contributed by atoms with van der Waals surface area (Å²) in [5, 5.41) is 0. The summed E-state index contributed by atoms with van der Waals surface area (Å²) in [6, 6.07) is 9.09. The fourth-order valence-electron chi connectivity index (χ4n) is 1.49. The third-order valence-corrected chi connectivity index (χ3v) is 2.40. The van der Waals surface area contributed by atoms with Crippen LogP contribution in [0.25, 0.3) is 0 Å². The van der Waals surface area contributed by atoms with Gasteiger partial charge in [0.2, 0.25) is 0 Å².